The minimum absolute atomic E-state index is 0.187. The zero-order chi connectivity index (χ0) is 20.1. The van der Waals surface area contributed by atoms with Gasteiger partial charge in [-0.2, -0.15) is 0 Å². The van der Waals surface area contributed by atoms with Gasteiger partial charge in [0, 0.05) is 10.7 Å². The predicted octanol–water partition coefficient (Wildman–Crippen LogP) is 2.24. The summed E-state index contributed by atoms with van der Waals surface area (Å²) in [5.41, 5.74) is 0.0855. The van der Waals surface area contributed by atoms with E-state index in [1.165, 1.54) is 0 Å². The van der Waals surface area contributed by atoms with Gasteiger partial charge in [0.05, 0.1) is 12.7 Å². The molecule has 0 fully saturated rings. The number of carbonyl (C=O) groups is 2. The van der Waals surface area contributed by atoms with E-state index in [9.17, 15) is 22.8 Å². The van der Waals surface area contributed by atoms with Gasteiger partial charge in [-0.15, -0.1) is 0 Å². The second kappa shape index (κ2) is 8.88. The fourth-order valence-electron chi connectivity index (χ4n) is 2.23. The lowest BCUT2D eigenvalue weighted by Gasteiger charge is -2.20. The Balaban J connectivity index is 1.94. The average molecular weight is 401 g/mol. The van der Waals surface area contributed by atoms with Crippen molar-refractivity contribution in [3.63, 3.8) is 0 Å². The molecule has 0 aromatic heterocycles. The van der Waals surface area contributed by atoms with E-state index in [1.54, 1.807) is 38.2 Å². The van der Waals surface area contributed by atoms with Crippen LogP contribution in [0.1, 0.15) is 6.92 Å². The molecule has 0 saturated heterocycles. The largest absolute Gasteiger partial charge is 0.321 e. The average Bonchev–Trinajstić information content (AvgIpc) is 2.63. The summed E-state index contributed by atoms with van der Waals surface area (Å²) < 4.78 is 39.7. The first kappa shape index (κ1) is 20.7. The summed E-state index contributed by atoms with van der Waals surface area (Å²) >= 11 is 5.78. The number of nitrogens with one attached hydrogen (secondary N) is 3. The van der Waals surface area contributed by atoms with Gasteiger partial charge >= 0.3 is 0 Å². The Hall–Kier alpha value is -2.58. The molecule has 0 spiro atoms. The summed E-state index contributed by atoms with van der Waals surface area (Å²) in [4.78, 5) is 24.8. The highest BCUT2D eigenvalue weighted by molar-refractivity contribution is 6.30. The normalized spacial score (nSPS) is 13.0. The minimum Gasteiger partial charge on any atom is -0.321 e. The Labute approximate surface area is 159 Å². The predicted molar refractivity (Wildman–Crippen MR) is 96.2 cm³/mol. The molecule has 3 N–H and O–H groups in total. The molecule has 5 nitrogen and oxygen atoms in total. The third kappa shape index (κ3) is 5.45. The van der Waals surface area contributed by atoms with Crippen molar-refractivity contribution in [2.75, 3.05) is 24.2 Å². The summed E-state index contributed by atoms with van der Waals surface area (Å²) in [7, 11) is 1.60. The van der Waals surface area contributed by atoms with Crippen LogP contribution in [-0.2, 0) is 9.59 Å². The molecule has 2 atom stereocenters. The molecule has 27 heavy (non-hydrogen) atoms. The van der Waals surface area contributed by atoms with Crippen LogP contribution in [0.3, 0.4) is 0 Å². The fourth-order valence-corrected chi connectivity index (χ4v) is 2.36. The first-order valence-corrected chi connectivity index (χ1v) is 8.39. The summed E-state index contributed by atoms with van der Waals surface area (Å²) in [6.07, 6.45) is 0. The molecule has 9 heteroatoms. The van der Waals surface area contributed by atoms with Crippen LogP contribution in [0.2, 0.25) is 5.02 Å². The highest BCUT2D eigenvalue weighted by Gasteiger charge is 2.25. The molecule has 2 aromatic rings. The van der Waals surface area contributed by atoms with Crippen molar-refractivity contribution in [3.8, 4) is 0 Å². The van der Waals surface area contributed by atoms with Crippen LogP contribution >= 0.6 is 11.6 Å². The van der Waals surface area contributed by atoms with Gasteiger partial charge < -0.3 is 15.5 Å². The number of benzene rings is 2. The molecule has 144 valence electrons. The molecule has 0 bridgehead atoms. The number of hydrogen-bond acceptors (Lipinski definition) is 2. The van der Waals surface area contributed by atoms with Crippen LogP contribution in [0.25, 0.3) is 0 Å². The standard InChI is InChI=1S/C18H17ClF3N3O2/c1-10(18(27)23-12-5-3-11(19)4-6-12)25(2)9-15(26)24-14-8-7-13(20)16(21)17(14)22/h3-8,10H,9H2,1-2H3,(H,23,27)(H,24,26)/p+1/t10-/m1/s1. The van der Waals surface area contributed by atoms with Gasteiger partial charge in [0.25, 0.3) is 11.8 Å². The van der Waals surface area contributed by atoms with Crippen molar-refractivity contribution < 1.29 is 27.7 Å². The van der Waals surface area contributed by atoms with Crippen molar-refractivity contribution >= 4 is 34.8 Å². The smallest absolute Gasteiger partial charge is 0.282 e. The Bertz CT molecular complexity index is 846. The maximum atomic E-state index is 13.6. The van der Waals surface area contributed by atoms with Crippen molar-refractivity contribution in [3.05, 3.63) is 58.9 Å². The zero-order valence-electron chi connectivity index (χ0n) is 14.6. The molecule has 0 aliphatic rings. The maximum Gasteiger partial charge on any atom is 0.282 e. The summed E-state index contributed by atoms with van der Waals surface area (Å²) in [6, 6.07) is 7.57. The summed E-state index contributed by atoms with van der Waals surface area (Å²) in [6.45, 7) is 1.43. The van der Waals surface area contributed by atoms with E-state index in [4.69, 9.17) is 11.6 Å². The Morgan fingerprint density at radius 2 is 1.67 bits per heavy atom. The van der Waals surface area contributed by atoms with Crippen LogP contribution in [0.5, 0.6) is 0 Å². The molecule has 1 unspecified atom stereocenters. The third-order valence-electron chi connectivity index (χ3n) is 3.99. The number of amides is 2. The van der Waals surface area contributed by atoms with E-state index < -0.39 is 35.1 Å². The van der Waals surface area contributed by atoms with E-state index in [-0.39, 0.29) is 12.5 Å². The van der Waals surface area contributed by atoms with Gasteiger partial charge in [-0.1, -0.05) is 11.6 Å². The van der Waals surface area contributed by atoms with Crippen molar-refractivity contribution in [1.82, 2.24) is 0 Å². The van der Waals surface area contributed by atoms with Crippen LogP contribution < -0.4 is 15.5 Å². The van der Waals surface area contributed by atoms with Crippen molar-refractivity contribution in [1.29, 1.82) is 0 Å². The van der Waals surface area contributed by atoms with Gasteiger partial charge in [0.15, 0.2) is 30.0 Å². The van der Waals surface area contributed by atoms with Gasteiger partial charge in [-0.25, -0.2) is 13.2 Å². The van der Waals surface area contributed by atoms with Gasteiger partial charge in [0.2, 0.25) is 0 Å². The Morgan fingerprint density at radius 3 is 2.30 bits per heavy atom. The summed E-state index contributed by atoms with van der Waals surface area (Å²) in [5.74, 6) is -5.47. The van der Waals surface area contributed by atoms with E-state index in [1.807, 2.05) is 0 Å². The van der Waals surface area contributed by atoms with Crippen LogP contribution in [0.4, 0.5) is 24.5 Å². The molecule has 0 heterocycles. The molecule has 2 rings (SSSR count). The van der Waals surface area contributed by atoms with Crippen molar-refractivity contribution in [2.24, 2.45) is 0 Å². The topological polar surface area (TPSA) is 62.6 Å². The monoisotopic (exact) mass is 400 g/mol. The van der Waals surface area contributed by atoms with Crippen LogP contribution in [-0.4, -0.2) is 31.4 Å². The Kier molecular flexibility index (Phi) is 6.81. The first-order chi connectivity index (χ1) is 12.7. The van der Waals surface area contributed by atoms with Gasteiger partial charge in [-0.05, 0) is 43.3 Å². The van der Waals surface area contributed by atoms with E-state index >= 15 is 0 Å². The number of hydrogen-bond donors (Lipinski definition) is 3. The number of likely N-dealkylation sites (N-methyl/N-ethyl adjacent to an activating group) is 1. The van der Waals surface area contributed by atoms with Gasteiger partial charge in [0.1, 0.15) is 0 Å². The summed E-state index contributed by atoms with van der Waals surface area (Å²) in [5, 5.41) is 5.40. The van der Waals surface area contributed by atoms with Gasteiger partial charge in [-0.3, -0.25) is 9.59 Å². The number of quaternary nitrogens is 1. The lowest BCUT2D eigenvalue weighted by molar-refractivity contribution is -0.885. The molecule has 0 saturated carbocycles. The molecule has 0 radical (unpaired) electrons. The third-order valence-corrected chi connectivity index (χ3v) is 4.24. The minimum atomic E-state index is -1.66. The van der Waals surface area contributed by atoms with E-state index in [0.29, 0.717) is 21.7 Å². The van der Waals surface area contributed by atoms with E-state index in [2.05, 4.69) is 10.6 Å². The highest BCUT2D eigenvalue weighted by atomic mass is 35.5. The second-order valence-corrected chi connectivity index (χ2v) is 6.45. The zero-order valence-corrected chi connectivity index (χ0v) is 15.3. The number of rotatable bonds is 6. The Morgan fingerprint density at radius 1 is 1.04 bits per heavy atom. The maximum absolute atomic E-state index is 13.6. The van der Waals surface area contributed by atoms with Crippen LogP contribution in [0, 0.1) is 17.5 Å². The second-order valence-electron chi connectivity index (χ2n) is 6.01. The molecular formula is C18H18ClF3N3O2+. The van der Waals surface area contributed by atoms with Crippen molar-refractivity contribution in [2.45, 2.75) is 13.0 Å². The van der Waals surface area contributed by atoms with E-state index in [0.717, 1.165) is 6.07 Å². The molecule has 2 aromatic carbocycles. The quantitative estimate of drug-likeness (QED) is 0.651. The molecular weight excluding hydrogens is 383 g/mol. The lowest BCUT2D eigenvalue weighted by Crippen LogP contribution is -3.14. The first-order valence-electron chi connectivity index (χ1n) is 8.01. The highest BCUT2D eigenvalue weighted by Crippen LogP contribution is 2.19. The number of anilines is 2. The fraction of sp³-hybridized carbons (Fsp3) is 0.222. The lowest BCUT2D eigenvalue weighted by atomic mass is 10.2. The molecule has 0 aliphatic heterocycles. The molecule has 2 amide bonds. The van der Waals surface area contributed by atoms with Crippen LogP contribution in [0.15, 0.2) is 36.4 Å². The molecule has 0 aliphatic carbocycles. The number of carbonyl (C=O) groups excluding carboxylic acids is 2. The SMILES string of the molecule is C[C@H](C(=O)Nc1ccc(Cl)cc1)[NH+](C)CC(=O)Nc1ccc(F)c(F)c1F. The number of halogens is 4.